The largest absolute Gasteiger partial charge is 0.357 e. The summed E-state index contributed by atoms with van der Waals surface area (Å²) < 4.78 is 0. The van der Waals surface area contributed by atoms with Crippen molar-refractivity contribution in [3.05, 3.63) is 46.9 Å². The number of nitrogens with one attached hydrogen (secondary N) is 3. The molecule has 2 aromatic rings. The second-order valence-corrected chi connectivity index (χ2v) is 6.10. The molecule has 2 aromatic heterocycles. The molecule has 1 amide bonds. The summed E-state index contributed by atoms with van der Waals surface area (Å²) in [6.45, 7) is 5.70. The number of pyridine rings is 1. The predicted molar refractivity (Wildman–Crippen MR) is 99.6 cm³/mol. The quantitative estimate of drug-likeness (QED) is 0.532. The maximum absolute atomic E-state index is 11.9. The molecule has 0 aliphatic carbocycles. The van der Waals surface area contributed by atoms with Crippen molar-refractivity contribution in [1.29, 1.82) is 0 Å². The number of thiophene rings is 1. The zero-order valence-corrected chi connectivity index (χ0v) is 14.8. The standard InChI is InChI=1S/C17H23N5OS/c1-3-19-17(20-9-13(2)14-6-8-24-12-14)21-11-16(23)22-15-5-4-7-18-10-15/h4-8,10,12-13H,3,9,11H2,1-2H3,(H,22,23)(H2,19,20,21). The second-order valence-electron chi connectivity index (χ2n) is 5.32. The molecule has 1 atom stereocenters. The number of guanidine groups is 1. The highest BCUT2D eigenvalue weighted by atomic mass is 32.1. The average Bonchev–Trinajstić information content (AvgIpc) is 3.12. The SMILES string of the molecule is CCNC(=NCC(=O)Nc1cccnc1)NCC(C)c1ccsc1. The highest BCUT2D eigenvalue weighted by Gasteiger charge is 2.08. The molecule has 0 aliphatic heterocycles. The van der Waals surface area contributed by atoms with Crippen LogP contribution in [0.3, 0.4) is 0 Å². The van der Waals surface area contributed by atoms with Crippen LogP contribution in [0.2, 0.25) is 0 Å². The normalized spacial score (nSPS) is 12.5. The number of carbonyl (C=O) groups excluding carboxylic acids is 1. The summed E-state index contributed by atoms with van der Waals surface area (Å²) in [5.74, 6) is 0.844. The highest BCUT2D eigenvalue weighted by Crippen LogP contribution is 2.16. The Balaban J connectivity index is 1.84. The summed E-state index contributed by atoms with van der Waals surface area (Å²) in [5.41, 5.74) is 1.97. The van der Waals surface area contributed by atoms with Gasteiger partial charge in [0.15, 0.2) is 5.96 Å². The molecule has 2 heterocycles. The van der Waals surface area contributed by atoms with E-state index in [9.17, 15) is 4.79 Å². The van der Waals surface area contributed by atoms with Crippen LogP contribution in [0.1, 0.15) is 25.3 Å². The Morgan fingerprint density at radius 1 is 1.38 bits per heavy atom. The number of aliphatic imine (C=N–C) groups is 1. The third-order valence-electron chi connectivity index (χ3n) is 3.36. The van der Waals surface area contributed by atoms with Crippen LogP contribution >= 0.6 is 11.3 Å². The minimum atomic E-state index is -0.175. The van der Waals surface area contributed by atoms with Crippen molar-refractivity contribution in [2.75, 3.05) is 25.0 Å². The molecule has 0 aromatic carbocycles. The molecule has 7 heteroatoms. The van der Waals surface area contributed by atoms with E-state index in [0.29, 0.717) is 17.6 Å². The van der Waals surface area contributed by atoms with E-state index in [4.69, 9.17) is 0 Å². The van der Waals surface area contributed by atoms with E-state index in [1.807, 2.05) is 6.92 Å². The zero-order valence-electron chi connectivity index (χ0n) is 14.0. The second kappa shape index (κ2) is 9.67. The lowest BCUT2D eigenvalue weighted by atomic mass is 10.1. The van der Waals surface area contributed by atoms with Gasteiger partial charge in [-0.25, -0.2) is 4.99 Å². The molecule has 0 saturated heterocycles. The molecule has 0 radical (unpaired) electrons. The van der Waals surface area contributed by atoms with E-state index in [0.717, 1.165) is 13.1 Å². The number of nitrogens with zero attached hydrogens (tertiary/aromatic N) is 2. The van der Waals surface area contributed by atoms with E-state index in [-0.39, 0.29) is 12.5 Å². The summed E-state index contributed by atoms with van der Waals surface area (Å²) in [7, 11) is 0. The Kier molecular flexibility index (Phi) is 7.22. The maximum Gasteiger partial charge on any atom is 0.246 e. The molecular formula is C17H23N5OS. The first kappa shape index (κ1) is 17.9. The minimum Gasteiger partial charge on any atom is -0.357 e. The van der Waals surface area contributed by atoms with Crippen molar-refractivity contribution < 1.29 is 4.79 Å². The van der Waals surface area contributed by atoms with Crippen LogP contribution < -0.4 is 16.0 Å². The van der Waals surface area contributed by atoms with Gasteiger partial charge in [-0.3, -0.25) is 9.78 Å². The number of rotatable bonds is 7. The summed E-state index contributed by atoms with van der Waals surface area (Å²) in [4.78, 5) is 20.2. The Hall–Kier alpha value is -2.41. The fourth-order valence-electron chi connectivity index (χ4n) is 2.05. The van der Waals surface area contributed by atoms with E-state index >= 15 is 0 Å². The summed E-state index contributed by atoms with van der Waals surface area (Å²) >= 11 is 1.70. The molecule has 2 rings (SSSR count). The maximum atomic E-state index is 11.9. The van der Waals surface area contributed by atoms with Crippen LogP contribution in [0.4, 0.5) is 5.69 Å². The van der Waals surface area contributed by atoms with Gasteiger partial charge in [0, 0.05) is 19.3 Å². The average molecular weight is 345 g/mol. The Bertz CT molecular complexity index is 642. The molecule has 128 valence electrons. The molecule has 0 bridgehead atoms. The van der Waals surface area contributed by atoms with E-state index in [1.165, 1.54) is 5.56 Å². The van der Waals surface area contributed by atoms with Crippen molar-refractivity contribution in [1.82, 2.24) is 15.6 Å². The van der Waals surface area contributed by atoms with Crippen LogP contribution in [0.25, 0.3) is 0 Å². The Labute approximate surface area is 146 Å². The summed E-state index contributed by atoms with van der Waals surface area (Å²) in [6, 6.07) is 5.69. The van der Waals surface area contributed by atoms with Gasteiger partial charge in [0.2, 0.25) is 5.91 Å². The van der Waals surface area contributed by atoms with Crippen molar-refractivity contribution in [2.45, 2.75) is 19.8 Å². The van der Waals surface area contributed by atoms with Gasteiger partial charge in [-0.2, -0.15) is 11.3 Å². The number of hydrogen-bond donors (Lipinski definition) is 3. The van der Waals surface area contributed by atoms with Crippen molar-refractivity contribution in [2.24, 2.45) is 4.99 Å². The van der Waals surface area contributed by atoms with Gasteiger partial charge in [0.25, 0.3) is 0 Å². The van der Waals surface area contributed by atoms with Gasteiger partial charge in [0.05, 0.1) is 11.9 Å². The van der Waals surface area contributed by atoms with E-state index in [2.05, 4.69) is 49.7 Å². The van der Waals surface area contributed by atoms with Gasteiger partial charge in [-0.05, 0) is 47.4 Å². The van der Waals surface area contributed by atoms with Crippen LogP contribution in [-0.2, 0) is 4.79 Å². The third kappa shape index (κ3) is 6.00. The molecule has 3 N–H and O–H groups in total. The van der Waals surface area contributed by atoms with Crippen LogP contribution in [-0.4, -0.2) is 36.5 Å². The summed E-state index contributed by atoms with van der Waals surface area (Å²) in [5, 5.41) is 13.4. The third-order valence-corrected chi connectivity index (χ3v) is 4.06. The fourth-order valence-corrected chi connectivity index (χ4v) is 2.84. The van der Waals surface area contributed by atoms with Gasteiger partial charge in [-0.15, -0.1) is 0 Å². The molecule has 0 spiro atoms. The van der Waals surface area contributed by atoms with E-state index in [1.54, 1.807) is 35.9 Å². The zero-order chi connectivity index (χ0) is 17.2. The lowest BCUT2D eigenvalue weighted by Crippen LogP contribution is -2.39. The Morgan fingerprint density at radius 3 is 2.92 bits per heavy atom. The molecule has 6 nitrogen and oxygen atoms in total. The lowest BCUT2D eigenvalue weighted by molar-refractivity contribution is -0.114. The number of hydrogen-bond acceptors (Lipinski definition) is 4. The van der Waals surface area contributed by atoms with Crippen LogP contribution in [0.5, 0.6) is 0 Å². The number of carbonyl (C=O) groups is 1. The topological polar surface area (TPSA) is 78.4 Å². The van der Waals surface area contributed by atoms with Gasteiger partial charge in [-0.1, -0.05) is 6.92 Å². The minimum absolute atomic E-state index is 0.0526. The molecule has 0 saturated carbocycles. The molecular weight excluding hydrogens is 322 g/mol. The fraction of sp³-hybridized carbons (Fsp3) is 0.353. The van der Waals surface area contributed by atoms with Crippen molar-refractivity contribution in [3.63, 3.8) is 0 Å². The van der Waals surface area contributed by atoms with Gasteiger partial charge in [0.1, 0.15) is 6.54 Å². The molecule has 1 unspecified atom stereocenters. The monoisotopic (exact) mass is 345 g/mol. The lowest BCUT2D eigenvalue weighted by Gasteiger charge is -2.15. The van der Waals surface area contributed by atoms with E-state index < -0.39 is 0 Å². The summed E-state index contributed by atoms with van der Waals surface area (Å²) in [6.07, 6.45) is 3.27. The van der Waals surface area contributed by atoms with Crippen LogP contribution in [0, 0.1) is 0 Å². The molecule has 24 heavy (non-hydrogen) atoms. The molecule has 0 aliphatic rings. The number of amides is 1. The van der Waals surface area contributed by atoms with Crippen LogP contribution in [0.15, 0.2) is 46.3 Å². The van der Waals surface area contributed by atoms with Crippen molar-refractivity contribution in [3.8, 4) is 0 Å². The highest BCUT2D eigenvalue weighted by molar-refractivity contribution is 7.07. The number of anilines is 1. The van der Waals surface area contributed by atoms with Crippen molar-refractivity contribution >= 4 is 28.9 Å². The Morgan fingerprint density at radius 2 is 2.25 bits per heavy atom. The predicted octanol–water partition coefficient (Wildman–Crippen LogP) is 2.44. The number of aromatic nitrogens is 1. The first-order chi connectivity index (χ1) is 11.7. The van der Waals surface area contributed by atoms with Gasteiger partial charge >= 0.3 is 0 Å². The molecule has 0 fully saturated rings. The first-order valence-corrected chi connectivity index (χ1v) is 8.87. The van der Waals surface area contributed by atoms with Gasteiger partial charge < -0.3 is 16.0 Å². The smallest absolute Gasteiger partial charge is 0.246 e. The first-order valence-electron chi connectivity index (χ1n) is 7.93.